The van der Waals surface area contributed by atoms with Crippen LogP contribution in [0.2, 0.25) is 0 Å². The van der Waals surface area contributed by atoms with Crippen LogP contribution in [0, 0.1) is 5.82 Å². The lowest BCUT2D eigenvalue weighted by molar-refractivity contribution is 0.102. The second kappa shape index (κ2) is 6.45. The van der Waals surface area contributed by atoms with E-state index in [2.05, 4.69) is 21.2 Å². The Morgan fingerprint density at radius 1 is 1.25 bits per heavy atom. The van der Waals surface area contributed by atoms with Crippen LogP contribution in [0.3, 0.4) is 0 Å². The first-order valence-corrected chi connectivity index (χ1v) is 7.65. The Kier molecular flexibility index (Phi) is 4.35. The second-order valence-electron chi connectivity index (χ2n) is 4.94. The van der Waals surface area contributed by atoms with Crippen molar-refractivity contribution in [2.45, 2.75) is 0 Å². The van der Waals surface area contributed by atoms with Crippen molar-refractivity contribution in [3.63, 3.8) is 0 Å². The third kappa shape index (κ3) is 3.16. The Morgan fingerprint density at radius 2 is 2.04 bits per heavy atom. The Labute approximate surface area is 144 Å². The zero-order valence-electron chi connectivity index (χ0n) is 12.4. The van der Waals surface area contributed by atoms with Crippen LogP contribution in [0.25, 0.3) is 11.0 Å². The van der Waals surface area contributed by atoms with Crippen molar-refractivity contribution in [1.82, 2.24) is 0 Å². The molecule has 0 atom stereocenters. The molecule has 1 N–H and O–H groups in total. The summed E-state index contributed by atoms with van der Waals surface area (Å²) >= 11 is 3.32. The maximum atomic E-state index is 13.2. The third-order valence-electron chi connectivity index (χ3n) is 3.31. The summed E-state index contributed by atoms with van der Waals surface area (Å²) < 4.78 is 24.3. The molecule has 7 heteroatoms. The van der Waals surface area contributed by atoms with Gasteiger partial charge in [0.15, 0.2) is 11.3 Å². The highest BCUT2D eigenvalue weighted by molar-refractivity contribution is 9.10. The summed E-state index contributed by atoms with van der Waals surface area (Å²) in [6.45, 7) is 0. The van der Waals surface area contributed by atoms with E-state index >= 15 is 0 Å². The largest absolute Gasteiger partial charge is 0.493 e. The van der Waals surface area contributed by atoms with Gasteiger partial charge in [0.05, 0.1) is 7.11 Å². The van der Waals surface area contributed by atoms with Gasteiger partial charge in [-0.2, -0.15) is 0 Å². The molecule has 1 heterocycles. The number of fused-ring (bicyclic) bond motifs is 1. The number of hydrogen-bond acceptors (Lipinski definition) is 4. The molecule has 5 nitrogen and oxygen atoms in total. The molecule has 3 aromatic rings. The van der Waals surface area contributed by atoms with Crippen LogP contribution in [0.1, 0.15) is 10.4 Å². The van der Waals surface area contributed by atoms with Gasteiger partial charge in [0.1, 0.15) is 11.4 Å². The van der Waals surface area contributed by atoms with E-state index in [0.717, 1.165) is 6.07 Å². The van der Waals surface area contributed by atoms with Crippen LogP contribution in [-0.2, 0) is 0 Å². The number of hydrogen-bond donors (Lipinski definition) is 1. The van der Waals surface area contributed by atoms with E-state index in [0.29, 0.717) is 15.6 Å². The average Bonchev–Trinajstić information content (AvgIpc) is 2.54. The normalized spacial score (nSPS) is 10.6. The number of nitrogens with one attached hydrogen (secondary N) is 1. The molecule has 0 aliphatic rings. The summed E-state index contributed by atoms with van der Waals surface area (Å²) in [6.07, 6.45) is 0. The predicted molar refractivity (Wildman–Crippen MR) is 91.1 cm³/mol. The Hall–Kier alpha value is -2.67. The van der Waals surface area contributed by atoms with Crippen LogP contribution in [0.15, 0.2) is 56.1 Å². The highest BCUT2D eigenvalue weighted by atomic mass is 79.9. The van der Waals surface area contributed by atoms with Gasteiger partial charge in [-0.05, 0) is 36.4 Å². The number of methoxy groups -OCH3 is 1. The molecule has 0 radical (unpaired) electrons. The molecular formula is C17H11BrFNO4. The quantitative estimate of drug-likeness (QED) is 0.686. The molecule has 0 bridgehead atoms. The minimum absolute atomic E-state index is 0.188. The maximum absolute atomic E-state index is 13.2. The summed E-state index contributed by atoms with van der Waals surface area (Å²) in [4.78, 5) is 24.4. The summed E-state index contributed by atoms with van der Waals surface area (Å²) in [5.74, 6) is -0.809. The summed E-state index contributed by atoms with van der Waals surface area (Å²) in [6, 6.07) is 10.1. The van der Waals surface area contributed by atoms with Crippen molar-refractivity contribution in [3.05, 3.63) is 68.7 Å². The van der Waals surface area contributed by atoms with Crippen molar-refractivity contribution < 1.29 is 18.3 Å². The second-order valence-corrected chi connectivity index (χ2v) is 5.85. The van der Waals surface area contributed by atoms with Crippen molar-refractivity contribution >= 4 is 38.5 Å². The fraction of sp³-hybridized carbons (Fsp3) is 0.0588. The van der Waals surface area contributed by atoms with E-state index < -0.39 is 17.3 Å². The molecule has 0 aliphatic carbocycles. The number of rotatable bonds is 3. The molecule has 3 rings (SSSR count). The number of benzene rings is 2. The van der Waals surface area contributed by atoms with E-state index in [1.807, 2.05) is 0 Å². The highest BCUT2D eigenvalue weighted by Crippen LogP contribution is 2.29. The minimum atomic E-state index is -0.808. The smallest absolute Gasteiger partial charge is 0.349 e. The molecule has 2 aromatic carbocycles. The molecule has 0 saturated carbocycles. The molecule has 0 spiro atoms. The van der Waals surface area contributed by atoms with Gasteiger partial charge in [0.25, 0.3) is 5.91 Å². The van der Waals surface area contributed by atoms with Gasteiger partial charge < -0.3 is 14.5 Å². The van der Waals surface area contributed by atoms with E-state index in [1.54, 1.807) is 12.1 Å². The Morgan fingerprint density at radius 3 is 2.75 bits per heavy atom. The fourth-order valence-electron chi connectivity index (χ4n) is 2.24. The first kappa shape index (κ1) is 16.2. The number of carbonyl (C=O) groups excluding carboxylic acids is 1. The van der Waals surface area contributed by atoms with Crippen molar-refractivity contribution in [2.24, 2.45) is 0 Å². The van der Waals surface area contributed by atoms with Crippen LogP contribution in [-0.4, -0.2) is 13.0 Å². The van der Waals surface area contributed by atoms with Gasteiger partial charge in [0.2, 0.25) is 0 Å². The highest BCUT2D eigenvalue weighted by Gasteiger charge is 2.16. The van der Waals surface area contributed by atoms with Gasteiger partial charge in [-0.25, -0.2) is 9.18 Å². The number of halogens is 2. The lowest BCUT2D eigenvalue weighted by Gasteiger charge is -2.08. The van der Waals surface area contributed by atoms with Crippen LogP contribution in [0.5, 0.6) is 5.75 Å². The van der Waals surface area contributed by atoms with E-state index in [9.17, 15) is 14.0 Å². The van der Waals surface area contributed by atoms with Crippen molar-refractivity contribution in [1.29, 1.82) is 0 Å². The van der Waals surface area contributed by atoms with Gasteiger partial charge in [0, 0.05) is 15.5 Å². The number of carbonyl (C=O) groups is 1. The average molecular weight is 392 g/mol. The summed E-state index contributed by atoms with van der Waals surface area (Å²) in [7, 11) is 1.45. The van der Waals surface area contributed by atoms with Crippen LogP contribution in [0.4, 0.5) is 10.1 Å². The molecule has 24 heavy (non-hydrogen) atoms. The molecule has 0 saturated heterocycles. The zero-order chi connectivity index (χ0) is 17.3. The van der Waals surface area contributed by atoms with Crippen molar-refractivity contribution in [2.75, 3.05) is 12.4 Å². The molecule has 1 aromatic heterocycles. The number of ether oxygens (including phenoxy) is 1. The van der Waals surface area contributed by atoms with Crippen LogP contribution < -0.4 is 15.7 Å². The third-order valence-corrected chi connectivity index (χ3v) is 3.77. The summed E-state index contributed by atoms with van der Waals surface area (Å²) in [5, 5.41) is 2.98. The maximum Gasteiger partial charge on any atom is 0.349 e. The molecule has 0 fully saturated rings. The van der Waals surface area contributed by atoms with Gasteiger partial charge in [-0.1, -0.05) is 22.0 Å². The lowest BCUT2D eigenvalue weighted by atomic mass is 10.1. The minimum Gasteiger partial charge on any atom is -0.493 e. The molecule has 0 aliphatic heterocycles. The molecule has 122 valence electrons. The first-order chi connectivity index (χ1) is 11.5. The Balaban J connectivity index is 2.04. The first-order valence-electron chi connectivity index (χ1n) is 6.86. The van der Waals surface area contributed by atoms with Gasteiger partial charge >= 0.3 is 5.63 Å². The van der Waals surface area contributed by atoms with Crippen molar-refractivity contribution in [3.8, 4) is 5.75 Å². The monoisotopic (exact) mass is 391 g/mol. The topological polar surface area (TPSA) is 68.5 Å². The van der Waals surface area contributed by atoms with E-state index in [1.165, 1.54) is 31.4 Å². The molecule has 1 amide bonds. The molecular weight excluding hydrogens is 381 g/mol. The fourth-order valence-corrected chi connectivity index (χ4v) is 2.70. The summed E-state index contributed by atoms with van der Waals surface area (Å²) in [5.41, 5.74) is -0.511. The Bertz CT molecular complexity index is 1000. The standard InChI is InChI=1S/C17H11BrFNO4/c1-23-14-7-10(18)5-9-6-13(17(22)24-15(9)14)16(21)20-12-4-2-3-11(19)8-12/h2-8H,1H3,(H,20,21). The van der Waals surface area contributed by atoms with Crippen LogP contribution >= 0.6 is 15.9 Å². The van der Waals surface area contributed by atoms with Gasteiger partial charge in [-0.15, -0.1) is 0 Å². The molecule has 0 unspecified atom stereocenters. The lowest BCUT2D eigenvalue weighted by Crippen LogP contribution is -2.20. The van der Waals surface area contributed by atoms with E-state index in [-0.39, 0.29) is 16.8 Å². The van der Waals surface area contributed by atoms with Gasteiger partial charge in [-0.3, -0.25) is 4.79 Å². The zero-order valence-corrected chi connectivity index (χ0v) is 14.0. The predicted octanol–water partition coefficient (Wildman–Crippen LogP) is 3.96. The SMILES string of the molecule is COc1cc(Br)cc2cc(C(=O)Nc3cccc(F)c3)c(=O)oc12. The van der Waals surface area contributed by atoms with E-state index in [4.69, 9.17) is 9.15 Å². The number of anilines is 1. The number of amides is 1.